The third-order valence-corrected chi connectivity index (χ3v) is 3.28. The molecule has 0 radical (unpaired) electrons. The SMILES string of the molecule is C=CCN1C(=O)NC(=O)[C@H](Cc2ccccc2OC)C1=O. The number of benzene rings is 1. The van der Waals surface area contributed by atoms with Crippen molar-refractivity contribution in [1.82, 2.24) is 10.2 Å². The molecule has 21 heavy (non-hydrogen) atoms. The fourth-order valence-corrected chi connectivity index (χ4v) is 2.23. The molecule has 1 aliphatic heterocycles. The second kappa shape index (κ2) is 6.21. The van der Waals surface area contributed by atoms with Crippen molar-refractivity contribution in [1.29, 1.82) is 0 Å². The number of para-hydroxylation sites is 1. The van der Waals surface area contributed by atoms with Crippen molar-refractivity contribution in [2.45, 2.75) is 6.42 Å². The van der Waals surface area contributed by atoms with Crippen molar-refractivity contribution >= 4 is 17.8 Å². The first-order valence-corrected chi connectivity index (χ1v) is 6.47. The summed E-state index contributed by atoms with van der Waals surface area (Å²) in [5.41, 5.74) is 0.737. The van der Waals surface area contributed by atoms with Crippen molar-refractivity contribution in [2.24, 2.45) is 5.92 Å². The monoisotopic (exact) mass is 288 g/mol. The van der Waals surface area contributed by atoms with Crippen LogP contribution in [0, 0.1) is 5.92 Å². The van der Waals surface area contributed by atoms with Crippen LogP contribution in [0.15, 0.2) is 36.9 Å². The number of urea groups is 1. The molecule has 0 unspecified atom stereocenters. The summed E-state index contributed by atoms with van der Waals surface area (Å²) >= 11 is 0. The summed E-state index contributed by atoms with van der Waals surface area (Å²) in [6, 6.07) is 6.44. The molecule has 110 valence electrons. The topological polar surface area (TPSA) is 75.7 Å². The Morgan fingerprint density at radius 3 is 2.71 bits per heavy atom. The summed E-state index contributed by atoms with van der Waals surface area (Å²) in [6.07, 6.45) is 1.61. The molecule has 0 aliphatic carbocycles. The summed E-state index contributed by atoms with van der Waals surface area (Å²) in [7, 11) is 1.52. The summed E-state index contributed by atoms with van der Waals surface area (Å²) in [5, 5.41) is 2.19. The van der Waals surface area contributed by atoms with Gasteiger partial charge in [-0.2, -0.15) is 0 Å². The molecule has 6 heteroatoms. The smallest absolute Gasteiger partial charge is 0.331 e. The molecule has 0 saturated carbocycles. The number of nitrogens with zero attached hydrogens (tertiary/aromatic N) is 1. The lowest BCUT2D eigenvalue weighted by atomic mass is 9.95. The number of amides is 4. The van der Waals surface area contributed by atoms with Gasteiger partial charge in [0.15, 0.2) is 0 Å². The number of hydrogen-bond donors (Lipinski definition) is 1. The number of imide groups is 2. The Morgan fingerprint density at radius 2 is 2.05 bits per heavy atom. The average Bonchev–Trinajstić information content (AvgIpc) is 2.48. The third-order valence-electron chi connectivity index (χ3n) is 3.28. The first-order chi connectivity index (χ1) is 10.1. The van der Waals surface area contributed by atoms with E-state index in [1.54, 1.807) is 24.3 Å². The van der Waals surface area contributed by atoms with E-state index in [0.29, 0.717) is 5.75 Å². The minimum atomic E-state index is -0.945. The zero-order chi connectivity index (χ0) is 15.4. The van der Waals surface area contributed by atoms with E-state index in [1.807, 2.05) is 0 Å². The minimum Gasteiger partial charge on any atom is -0.496 e. The summed E-state index contributed by atoms with van der Waals surface area (Å²) in [5.74, 6) is -1.45. The molecule has 4 amide bonds. The highest BCUT2D eigenvalue weighted by Gasteiger charge is 2.40. The quantitative estimate of drug-likeness (QED) is 0.650. The number of ether oxygens (including phenoxy) is 1. The van der Waals surface area contributed by atoms with E-state index in [0.717, 1.165) is 10.5 Å². The van der Waals surface area contributed by atoms with E-state index < -0.39 is 23.8 Å². The van der Waals surface area contributed by atoms with Crippen LogP contribution in [0.1, 0.15) is 5.56 Å². The van der Waals surface area contributed by atoms with E-state index in [2.05, 4.69) is 11.9 Å². The van der Waals surface area contributed by atoms with Crippen LogP contribution in [-0.2, 0) is 16.0 Å². The van der Waals surface area contributed by atoms with Gasteiger partial charge in [-0.3, -0.25) is 19.8 Å². The Labute approximate surface area is 122 Å². The van der Waals surface area contributed by atoms with E-state index in [4.69, 9.17) is 4.74 Å². The second-order valence-electron chi connectivity index (χ2n) is 4.60. The molecule has 1 N–H and O–H groups in total. The molecule has 1 aliphatic rings. The third kappa shape index (κ3) is 2.94. The number of methoxy groups -OCH3 is 1. The molecule has 1 atom stereocenters. The van der Waals surface area contributed by atoms with Gasteiger partial charge in [0.2, 0.25) is 11.8 Å². The fraction of sp³-hybridized carbons (Fsp3) is 0.267. The van der Waals surface area contributed by atoms with Gasteiger partial charge in [0.1, 0.15) is 11.7 Å². The predicted molar refractivity (Wildman–Crippen MR) is 75.6 cm³/mol. The van der Waals surface area contributed by atoms with Crippen LogP contribution in [-0.4, -0.2) is 36.4 Å². The Kier molecular flexibility index (Phi) is 4.37. The number of rotatable bonds is 5. The Hall–Kier alpha value is -2.63. The average molecular weight is 288 g/mol. The number of carbonyl (C=O) groups is 3. The van der Waals surface area contributed by atoms with Gasteiger partial charge in [-0.15, -0.1) is 6.58 Å². The van der Waals surface area contributed by atoms with Crippen LogP contribution in [0.2, 0.25) is 0 Å². The summed E-state index contributed by atoms with van der Waals surface area (Å²) in [6.45, 7) is 3.57. The molecule has 1 aromatic carbocycles. The maximum absolute atomic E-state index is 12.3. The lowest BCUT2D eigenvalue weighted by Gasteiger charge is -2.29. The largest absolute Gasteiger partial charge is 0.496 e. The Balaban J connectivity index is 2.25. The molecular weight excluding hydrogens is 272 g/mol. The molecule has 1 saturated heterocycles. The molecule has 6 nitrogen and oxygen atoms in total. The van der Waals surface area contributed by atoms with Crippen LogP contribution in [0.4, 0.5) is 4.79 Å². The molecule has 0 bridgehead atoms. The van der Waals surface area contributed by atoms with Crippen molar-refractivity contribution in [2.75, 3.05) is 13.7 Å². The lowest BCUT2D eigenvalue weighted by molar-refractivity contribution is -0.142. The van der Waals surface area contributed by atoms with E-state index in [-0.39, 0.29) is 13.0 Å². The number of nitrogens with one attached hydrogen (secondary N) is 1. The van der Waals surface area contributed by atoms with Crippen LogP contribution >= 0.6 is 0 Å². The second-order valence-corrected chi connectivity index (χ2v) is 4.60. The van der Waals surface area contributed by atoms with Gasteiger partial charge in [-0.1, -0.05) is 24.3 Å². The lowest BCUT2D eigenvalue weighted by Crippen LogP contribution is -2.58. The fourth-order valence-electron chi connectivity index (χ4n) is 2.23. The summed E-state index contributed by atoms with van der Waals surface area (Å²) in [4.78, 5) is 36.8. The first kappa shape index (κ1) is 14.8. The summed E-state index contributed by atoms with van der Waals surface area (Å²) < 4.78 is 5.21. The van der Waals surface area contributed by atoms with Crippen molar-refractivity contribution in [3.8, 4) is 5.75 Å². The Morgan fingerprint density at radius 1 is 1.33 bits per heavy atom. The normalized spacial score (nSPS) is 18.4. The number of carbonyl (C=O) groups excluding carboxylic acids is 3. The highest BCUT2D eigenvalue weighted by Crippen LogP contribution is 2.23. The van der Waals surface area contributed by atoms with Gasteiger partial charge < -0.3 is 4.74 Å². The van der Waals surface area contributed by atoms with Crippen LogP contribution < -0.4 is 10.1 Å². The minimum absolute atomic E-state index is 0.0698. The van der Waals surface area contributed by atoms with Gasteiger partial charge in [-0.25, -0.2) is 4.79 Å². The van der Waals surface area contributed by atoms with Crippen molar-refractivity contribution in [3.05, 3.63) is 42.5 Å². The van der Waals surface area contributed by atoms with Gasteiger partial charge in [0, 0.05) is 6.54 Å². The maximum atomic E-state index is 12.3. The van der Waals surface area contributed by atoms with Gasteiger partial charge in [-0.05, 0) is 18.1 Å². The van der Waals surface area contributed by atoms with Crippen LogP contribution in [0.25, 0.3) is 0 Å². The molecule has 1 heterocycles. The van der Waals surface area contributed by atoms with E-state index in [1.165, 1.54) is 13.2 Å². The molecule has 2 rings (SSSR count). The molecular formula is C15H16N2O4. The van der Waals surface area contributed by atoms with Crippen LogP contribution in [0.3, 0.4) is 0 Å². The molecule has 0 aromatic heterocycles. The molecule has 1 aromatic rings. The standard InChI is InChI=1S/C15H16N2O4/c1-3-8-17-14(19)11(13(18)16-15(17)20)9-10-6-4-5-7-12(10)21-2/h3-7,11H,1,8-9H2,2H3,(H,16,18,20)/t11-/m0/s1. The van der Waals surface area contributed by atoms with Crippen LogP contribution in [0.5, 0.6) is 5.75 Å². The van der Waals surface area contributed by atoms with Crippen molar-refractivity contribution < 1.29 is 19.1 Å². The maximum Gasteiger partial charge on any atom is 0.331 e. The zero-order valence-corrected chi connectivity index (χ0v) is 11.7. The zero-order valence-electron chi connectivity index (χ0n) is 11.7. The van der Waals surface area contributed by atoms with Crippen molar-refractivity contribution in [3.63, 3.8) is 0 Å². The molecule has 1 fully saturated rings. The first-order valence-electron chi connectivity index (χ1n) is 6.47. The van der Waals surface area contributed by atoms with Gasteiger partial charge in [0.05, 0.1) is 7.11 Å². The van der Waals surface area contributed by atoms with Gasteiger partial charge >= 0.3 is 6.03 Å². The van der Waals surface area contributed by atoms with E-state index >= 15 is 0 Å². The highest BCUT2D eigenvalue weighted by molar-refractivity contribution is 6.16. The van der Waals surface area contributed by atoms with E-state index in [9.17, 15) is 14.4 Å². The molecule has 0 spiro atoms. The Bertz CT molecular complexity index is 597. The number of barbiturate groups is 1. The highest BCUT2D eigenvalue weighted by atomic mass is 16.5. The predicted octanol–water partition coefficient (Wildman–Crippen LogP) is 1.12. The van der Waals surface area contributed by atoms with Gasteiger partial charge in [0.25, 0.3) is 0 Å². The number of hydrogen-bond acceptors (Lipinski definition) is 4.